The number of imidazole rings is 1. The first kappa shape index (κ1) is 14.9. The van der Waals surface area contributed by atoms with E-state index >= 15 is 0 Å². The van der Waals surface area contributed by atoms with Crippen molar-refractivity contribution in [3.63, 3.8) is 0 Å². The van der Waals surface area contributed by atoms with Crippen LogP contribution in [0.15, 0.2) is 36.4 Å². The molecule has 0 fully saturated rings. The van der Waals surface area contributed by atoms with E-state index < -0.39 is 0 Å². The van der Waals surface area contributed by atoms with Crippen LogP contribution in [0.2, 0.25) is 5.02 Å². The quantitative estimate of drug-likeness (QED) is 0.428. The van der Waals surface area contributed by atoms with Crippen LogP contribution in [0.4, 0.5) is 0 Å². The van der Waals surface area contributed by atoms with Crippen molar-refractivity contribution in [2.24, 2.45) is 0 Å². The van der Waals surface area contributed by atoms with Crippen molar-refractivity contribution in [2.75, 3.05) is 7.11 Å². The fraction of sp³-hybridized carbons (Fsp3) is 0.133. The minimum atomic E-state index is 0.329. The number of hydrogen-bond donors (Lipinski definition) is 0. The van der Waals surface area contributed by atoms with Gasteiger partial charge in [0.2, 0.25) is 0 Å². The first-order valence-corrected chi connectivity index (χ1v) is 8.20. The highest BCUT2D eigenvalue weighted by Crippen LogP contribution is 2.29. The van der Waals surface area contributed by atoms with E-state index in [2.05, 4.69) is 32.1 Å². The average Bonchev–Trinajstić information content (AvgIpc) is 2.84. The highest BCUT2D eigenvalue weighted by Gasteiger charge is 2.14. The Hall–Kier alpha value is -0.980. The molecular formula is C15H11Cl2IN2O. The lowest BCUT2D eigenvalue weighted by atomic mass is 10.2. The summed E-state index contributed by atoms with van der Waals surface area (Å²) in [6.07, 6.45) is 0. The molecule has 0 bridgehead atoms. The van der Waals surface area contributed by atoms with E-state index in [0.29, 0.717) is 10.9 Å². The normalized spacial score (nSPS) is 11.0. The molecule has 108 valence electrons. The predicted molar refractivity (Wildman–Crippen MR) is 94.9 cm³/mol. The van der Waals surface area contributed by atoms with Crippen molar-refractivity contribution in [3.05, 3.63) is 50.8 Å². The number of fused-ring (bicyclic) bond motifs is 1. The highest BCUT2D eigenvalue weighted by molar-refractivity contribution is 14.1. The Bertz CT molecular complexity index is 817. The van der Waals surface area contributed by atoms with Crippen molar-refractivity contribution in [1.29, 1.82) is 0 Å². The molecule has 1 heterocycles. The Labute approximate surface area is 146 Å². The molecule has 3 nitrogen and oxygen atoms in total. The molecule has 0 atom stereocenters. The summed E-state index contributed by atoms with van der Waals surface area (Å²) in [7, 11) is 1.64. The summed E-state index contributed by atoms with van der Waals surface area (Å²) in [5.41, 5.74) is 2.87. The molecule has 21 heavy (non-hydrogen) atoms. The number of rotatable bonds is 3. The minimum Gasteiger partial charge on any atom is -0.497 e. The summed E-state index contributed by atoms with van der Waals surface area (Å²) in [6.45, 7) is 0. The number of nitrogens with zero attached hydrogens (tertiary/aromatic N) is 2. The summed E-state index contributed by atoms with van der Waals surface area (Å²) in [6, 6.07) is 11.6. The molecular weight excluding hydrogens is 422 g/mol. The van der Waals surface area contributed by atoms with Crippen molar-refractivity contribution in [3.8, 4) is 11.4 Å². The standard InChI is InChI=1S/C15H11Cl2IN2O/c1-21-10-3-5-14-12(7-10)19-15(8-16)20(14)13-4-2-9(17)6-11(13)18/h2-7H,8H2,1H3. The van der Waals surface area contributed by atoms with E-state index in [-0.39, 0.29) is 0 Å². The smallest absolute Gasteiger partial charge is 0.129 e. The second-order valence-corrected chi connectivity index (χ2v) is 6.31. The van der Waals surface area contributed by atoms with Crippen molar-refractivity contribution in [1.82, 2.24) is 9.55 Å². The molecule has 0 saturated heterocycles. The minimum absolute atomic E-state index is 0.329. The highest BCUT2D eigenvalue weighted by atomic mass is 127. The lowest BCUT2D eigenvalue weighted by molar-refractivity contribution is 0.415. The van der Waals surface area contributed by atoms with Crippen molar-refractivity contribution >= 4 is 56.8 Å². The van der Waals surface area contributed by atoms with Gasteiger partial charge in [0.05, 0.1) is 29.7 Å². The van der Waals surface area contributed by atoms with Gasteiger partial charge in [-0.2, -0.15) is 0 Å². The van der Waals surface area contributed by atoms with Crippen LogP contribution in [-0.2, 0) is 5.88 Å². The third kappa shape index (κ3) is 2.72. The molecule has 1 aromatic heterocycles. The number of hydrogen-bond acceptors (Lipinski definition) is 2. The fourth-order valence-corrected chi connectivity index (χ4v) is 3.55. The van der Waals surface area contributed by atoms with Crippen molar-refractivity contribution in [2.45, 2.75) is 5.88 Å². The van der Waals surface area contributed by atoms with Gasteiger partial charge in [-0.25, -0.2) is 4.98 Å². The zero-order valence-corrected chi connectivity index (χ0v) is 14.8. The predicted octanol–water partition coefficient (Wildman–Crippen LogP) is 5.03. The van der Waals surface area contributed by atoms with Crippen LogP contribution in [0.25, 0.3) is 16.7 Å². The molecule has 0 aliphatic rings. The number of methoxy groups -OCH3 is 1. The van der Waals surface area contributed by atoms with Crippen LogP contribution in [0.3, 0.4) is 0 Å². The molecule has 0 spiro atoms. The van der Waals surface area contributed by atoms with E-state index in [1.165, 1.54) is 0 Å². The summed E-state index contributed by atoms with van der Waals surface area (Å²) in [4.78, 5) is 4.59. The van der Waals surface area contributed by atoms with E-state index in [9.17, 15) is 0 Å². The monoisotopic (exact) mass is 432 g/mol. The Kier molecular flexibility index (Phi) is 4.28. The van der Waals surface area contributed by atoms with Gasteiger partial charge in [0.1, 0.15) is 11.6 Å². The fourth-order valence-electron chi connectivity index (χ4n) is 2.26. The van der Waals surface area contributed by atoms with Gasteiger partial charge < -0.3 is 4.74 Å². The van der Waals surface area contributed by atoms with E-state index in [4.69, 9.17) is 27.9 Å². The number of aromatic nitrogens is 2. The molecule has 2 aromatic carbocycles. The number of halogens is 3. The second kappa shape index (κ2) is 6.02. The topological polar surface area (TPSA) is 27.1 Å². The van der Waals surface area contributed by atoms with Gasteiger partial charge in [0, 0.05) is 14.7 Å². The van der Waals surface area contributed by atoms with Gasteiger partial charge >= 0.3 is 0 Å². The van der Waals surface area contributed by atoms with Crippen LogP contribution in [0, 0.1) is 3.57 Å². The van der Waals surface area contributed by atoms with Gasteiger partial charge in [-0.05, 0) is 52.9 Å². The lowest BCUT2D eigenvalue weighted by Gasteiger charge is -2.10. The van der Waals surface area contributed by atoms with Gasteiger partial charge in [0.15, 0.2) is 0 Å². The molecule has 0 saturated carbocycles. The number of benzene rings is 2. The Balaban J connectivity index is 2.29. The molecule has 0 radical (unpaired) electrons. The maximum atomic E-state index is 6.07. The van der Waals surface area contributed by atoms with Crippen LogP contribution in [-0.4, -0.2) is 16.7 Å². The summed E-state index contributed by atoms with van der Waals surface area (Å²) in [5.74, 6) is 1.90. The zero-order valence-electron chi connectivity index (χ0n) is 11.1. The lowest BCUT2D eigenvalue weighted by Crippen LogP contribution is -2.01. The van der Waals surface area contributed by atoms with Crippen LogP contribution in [0.5, 0.6) is 5.75 Å². The van der Waals surface area contributed by atoms with Crippen LogP contribution >= 0.6 is 45.8 Å². The molecule has 0 unspecified atom stereocenters. The summed E-state index contributed by atoms with van der Waals surface area (Å²) >= 11 is 14.4. The van der Waals surface area contributed by atoms with E-state index in [0.717, 1.165) is 31.9 Å². The average molecular weight is 433 g/mol. The largest absolute Gasteiger partial charge is 0.497 e. The Morgan fingerprint density at radius 1 is 1.24 bits per heavy atom. The molecule has 0 N–H and O–H groups in total. The van der Waals surface area contributed by atoms with Crippen LogP contribution < -0.4 is 4.74 Å². The van der Waals surface area contributed by atoms with Gasteiger partial charge in [-0.3, -0.25) is 4.57 Å². The molecule has 3 rings (SSSR count). The van der Waals surface area contributed by atoms with Gasteiger partial charge in [-0.15, -0.1) is 11.6 Å². The molecule has 0 aliphatic heterocycles. The molecule has 0 amide bonds. The van der Waals surface area contributed by atoms with E-state index in [1.54, 1.807) is 7.11 Å². The maximum absolute atomic E-state index is 6.07. The first-order valence-electron chi connectivity index (χ1n) is 6.21. The number of ether oxygens (including phenoxy) is 1. The molecule has 6 heteroatoms. The Morgan fingerprint density at radius 3 is 2.71 bits per heavy atom. The molecule has 3 aromatic rings. The van der Waals surface area contributed by atoms with Gasteiger partial charge in [0.25, 0.3) is 0 Å². The van der Waals surface area contributed by atoms with Gasteiger partial charge in [-0.1, -0.05) is 11.6 Å². The maximum Gasteiger partial charge on any atom is 0.129 e. The summed E-state index contributed by atoms with van der Waals surface area (Å²) in [5, 5.41) is 0.710. The molecule has 0 aliphatic carbocycles. The Morgan fingerprint density at radius 2 is 2.05 bits per heavy atom. The van der Waals surface area contributed by atoms with Crippen LogP contribution in [0.1, 0.15) is 5.82 Å². The van der Waals surface area contributed by atoms with Crippen molar-refractivity contribution < 1.29 is 4.74 Å². The van der Waals surface area contributed by atoms with E-state index in [1.807, 2.05) is 36.4 Å². The third-order valence-electron chi connectivity index (χ3n) is 3.20. The third-order valence-corrected chi connectivity index (χ3v) is 4.54. The first-order chi connectivity index (χ1) is 10.1. The second-order valence-electron chi connectivity index (χ2n) is 4.45. The zero-order chi connectivity index (χ0) is 15.0. The number of alkyl halides is 1. The SMILES string of the molecule is COc1ccc2c(c1)nc(CCl)n2-c1ccc(Cl)cc1I. The summed E-state index contributed by atoms with van der Waals surface area (Å²) < 4.78 is 8.35.